The maximum absolute atomic E-state index is 12.6. The molecule has 3 rings (SSSR count). The predicted molar refractivity (Wildman–Crippen MR) is 91.3 cm³/mol. The molecule has 3 aromatic rings. The van der Waals surface area contributed by atoms with Gasteiger partial charge >= 0.3 is 5.97 Å². The molecule has 0 saturated carbocycles. The van der Waals surface area contributed by atoms with Crippen molar-refractivity contribution >= 4 is 28.5 Å². The van der Waals surface area contributed by atoms with Crippen LogP contribution in [0.5, 0.6) is 0 Å². The highest BCUT2D eigenvalue weighted by Gasteiger charge is 2.22. The molecule has 0 bridgehead atoms. The first kappa shape index (κ1) is 15.3. The van der Waals surface area contributed by atoms with Crippen LogP contribution in [0, 0.1) is 6.92 Å². The Hall–Kier alpha value is -2.59. The lowest BCUT2D eigenvalue weighted by atomic mass is 9.93. The molecule has 2 aromatic carbocycles. The van der Waals surface area contributed by atoms with Crippen LogP contribution < -0.4 is 5.56 Å². The predicted octanol–water partition coefficient (Wildman–Crippen LogP) is 3.87. The van der Waals surface area contributed by atoms with Gasteiger partial charge in [0.2, 0.25) is 0 Å². The van der Waals surface area contributed by atoms with Crippen LogP contribution in [0.1, 0.15) is 15.9 Å². The number of carboxylic acid groups (broad SMARTS) is 1. The lowest BCUT2D eigenvalue weighted by molar-refractivity contribution is 0.0695. The van der Waals surface area contributed by atoms with Gasteiger partial charge in [0, 0.05) is 23.0 Å². The van der Waals surface area contributed by atoms with E-state index < -0.39 is 11.5 Å². The summed E-state index contributed by atoms with van der Waals surface area (Å²) in [6, 6.07) is 12.5. The van der Waals surface area contributed by atoms with Gasteiger partial charge in [-0.3, -0.25) is 4.79 Å². The number of carboxylic acids is 1. The Morgan fingerprint density at radius 2 is 1.87 bits per heavy atom. The third-order valence-corrected chi connectivity index (χ3v) is 4.22. The molecule has 0 aliphatic rings. The van der Waals surface area contributed by atoms with E-state index in [0.29, 0.717) is 21.5 Å². The molecular formula is C18H14ClNO3. The molecule has 0 atom stereocenters. The maximum atomic E-state index is 12.6. The summed E-state index contributed by atoms with van der Waals surface area (Å²) in [5.41, 5.74) is 1.89. The zero-order valence-electron chi connectivity index (χ0n) is 12.6. The number of aromatic nitrogens is 1. The standard InChI is InChI=1S/C18H14ClNO3/c1-10-5-3-4-6-12(10)15-13-9-11(19)7-8-14(13)20(2)17(21)16(15)18(22)23/h3-9H,1-2H3,(H,22,23). The Kier molecular flexibility index (Phi) is 3.70. The Balaban J connectivity index is 2.62. The zero-order valence-corrected chi connectivity index (χ0v) is 13.4. The van der Waals surface area contributed by atoms with Gasteiger partial charge in [-0.15, -0.1) is 0 Å². The number of carbonyl (C=O) groups is 1. The van der Waals surface area contributed by atoms with Crippen molar-refractivity contribution in [2.45, 2.75) is 6.92 Å². The summed E-state index contributed by atoms with van der Waals surface area (Å²) in [4.78, 5) is 24.3. The molecule has 5 heteroatoms. The highest BCUT2D eigenvalue weighted by atomic mass is 35.5. The van der Waals surface area contributed by atoms with Crippen molar-refractivity contribution in [3.8, 4) is 11.1 Å². The third-order valence-electron chi connectivity index (χ3n) is 3.99. The van der Waals surface area contributed by atoms with Crippen molar-refractivity contribution in [2.75, 3.05) is 0 Å². The van der Waals surface area contributed by atoms with Gasteiger partial charge in [0.05, 0.1) is 5.52 Å². The first-order valence-electron chi connectivity index (χ1n) is 7.03. The number of hydrogen-bond donors (Lipinski definition) is 1. The van der Waals surface area contributed by atoms with Gasteiger partial charge in [0.1, 0.15) is 5.56 Å². The first-order valence-corrected chi connectivity index (χ1v) is 7.41. The first-order chi connectivity index (χ1) is 10.9. The number of fused-ring (bicyclic) bond motifs is 1. The molecule has 4 nitrogen and oxygen atoms in total. The van der Waals surface area contributed by atoms with Crippen LogP contribution in [-0.4, -0.2) is 15.6 Å². The minimum atomic E-state index is -1.24. The average Bonchev–Trinajstić information content (AvgIpc) is 2.51. The number of aryl methyl sites for hydroxylation is 2. The second-order valence-corrected chi connectivity index (χ2v) is 5.83. The van der Waals surface area contributed by atoms with Crippen LogP contribution in [0.2, 0.25) is 5.02 Å². The summed E-state index contributed by atoms with van der Waals surface area (Å²) < 4.78 is 1.34. The summed E-state index contributed by atoms with van der Waals surface area (Å²) in [7, 11) is 1.56. The van der Waals surface area contributed by atoms with Gasteiger partial charge < -0.3 is 9.67 Å². The number of pyridine rings is 1. The quantitative estimate of drug-likeness (QED) is 0.777. The number of aromatic carboxylic acids is 1. The zero-order chi connectivity index (χ0) is 16.7. The van der Waals surface area contributed by atoms with E-state index in [4.69, 9.17) is 11.6 Å². The fourth-order valence-corrected chi connectivity index (χ4v) is 3.02. The fourth-order valence-electron chi connectivity index (χ4n) is 2.85. The van der Waals surface area contributed by atoms with E-state index in [1.807, 2.05) is 31.2 Å². The van der Waals surface area contributed by atoms with E-state index in [2.05, 4.69) is 0 Å². The van der Waals surface area contributed by atoms with Crippen LogP contribution in [0.15, 0.2) is 47.3 Å². The van der Waals surface area contributed by atoms with E-state index in [1.54, 1.807) is 25.2 Å². The van der Waals surface area contributed by atoms with Gasteiger partial charge in [-0.25, -0.2) is 4.79 Å². The molecule has 1 aromatic heterocycles. The molecule has 23 heavy (non-hydrogen) atoms. The second kappa shape index (κ2) is 5.56. The molecule has 0 spiro atoms. The van der Waals surface area contributed by atoms with Crippen molar-refractivity contribution in [1.82, 2.24) is 4.57 Å². The van der Waals surface area contributed by atoms with E-state index in [0.717, 1.165) is 11.1 Å². The molecule has 1 N–H and O–H groups in total. The van der Waals surface area contributed by atoms with E-state index in [1.165, 1.54) is 4.57 Å². The van der Waals surface area contributed by atoms with E-state index in [-0.39, 0.29) is 5.56 Å². The Bertz CT molecular complexity index is 1010. The van der Waals surface area contributed by atoms with Gasteiger partial charge in [-0.2, -0.15) is 0 Å². The van der Waals surface area contributed by atoms with Crippen LogP contribution in [0.4, 0.5) is 0 Å². The van der Waals surface area contributed by atoms with E-state index >= 15 is 0 Å². The van der Waals surface area contributed by atoms with Crippen LogP contribution >= 0.6 is 11.6 Å². The average molecular weight is 328 g/mol. The molecule has 0 fully saturated rings. The molecule has 116 valence electrons. The second-order valence-electron chi connectivity index (χ2n) is 5.40. The normalized spacial score (nSPS) is 10.9. The van der Waals surface area contributed by atoms with Gasteiger partial charge in [0.15, 0.2) is 0 Å². The molecule has 1 heterocycles. The highest BCUT2D eigenvalue weighted by molar-refractivity contribution is 6.31. The number of benzene rings is 2. The van der Waals surface area contributed by atoms with Crippen molar-refractivity contribution < 1.29 is 9.90 Å². The smallest absolute Gasteiger partial charge is 0.342 e. The van der Waals surface area contributed by atoms with Gasteiger partial charge in [-0.05, 0) is 36.2 Å². The summed E-state index contributed by atoms with van der Waals surface area (Å²) in [5, 5.41) is 10.7. The molecule has 0 amide bonds. The lowest BCUT2D eigenvalue weighted by Gasteiger charge is -2.15. The minimum absolute atomic E-state index is 0.239. The number of nitrogens with zero attached hydrogens (tertiary/aromatic N) is 1. The monoisotopic (exact) mass is 327 g/mol. The molecular weight excluding hydrogens is 314 g/mol. The Labute approximate surface area is 137 Å². The van der Waals surface area contributed by atoms with Gasteiger partial charge in [-0.1, -0.05) is 35.9 Å². The maximum Gasteiger partial charge on any atom is 0.342 e. The molecule has 0 saturated heterocycles. The van der Waals surface area contributed by atoms with Crippen molar-refractivity contribution in [3.63, 3.8) is 0 Å². The Morgan fingerprint density at radius 3 is 2.52 bits per heavy atom. The largest absolute Gasteiger partial charge is 0.477 e. The fraction of sp³-hybridized carbons (Fsp3) is 0.111. The molecule has 0 aliphatic carbocycles. The highest BCUT2D eigenvalue weighted by Crippen LogP contribution is 2.33. The minimum Gasteiger partial charge on any atom is -0.477 e. The van der Waals surface area contributed by atoms with Gasteiger partial charge in [0.25, 0.3) is 5.56 Å². The Morgan fingerprint density at radius 1 is 1.17 bits per heavy atom. The SMILES string of the molecule is Cc1ccccc1-c1c(C(=O)O)c(=O)n(C)c2ccc(Cl)cc12. The summed E-state index contributed by atoms with van der Waals surface area (Å²) in [5.74, 6) is -1.24. The summed E-state index contributed by atoms with van der Waals surface area (Å²) in [6.07, 6.45) is 0. The third kappa shape index (κ3) is 2.41. The summed E-state index contributed by atoms with van der Waals surface area (Å²) in [6.45, 7) is 1.88. The van der Waals surface area contributed by atoms with Crippen LogP contribution in [0.3, 0.4) is 0 Å². The molecule has 0 aliphatic heterocycles. The van der Waals surface area contributed by atoms with Crippen molar-refractivity contribution in [2.24, 2.45) is 7.05 Å². The van der Waals surface area contributed by atoms with Crippen molar-refractivity contribution in [1.29, 1.82) is 0 Å². The summed E-state index contributed by atoms with van der Waals surface area (Å²) >= 11 is 6.11. The van der Waals surface area contributed by atoms with Crippen LogP contribution in [-0.2, 0) is 7.05 Å². The van der Waals surface area contributed by atoms with Crippen LogP contribution in [0.25, 0.3) is 22.0 Å². The number of halogens is 1. The van der Waals surface area contributed by atoms with E-state index in [9.17, 15) is 14.7 Å². The molecule has 0 radical (unpaired) electrons. The van der Waals surface area contributed by atoms with Crippen molar-refractivity contribution in [3.05, 3.63) is 69.0 Å². The number of hydrogen-bond acceptors (Lipinski definition) is 2. The topological polar surface area (TPSA) is 59.3 Å². The number of rotatable bonds is 2. The lowest BCUT2D eigenvalue weighted by Crippen LogP contribution is -2.26. The molecule has 0 unspecified atom stereocenters.